The van der Waals surface area contributed by atoms with E-state index in [1.807, 2.05) is 0 Å². The summed E-state index contributed by atoms with van der Waals surface area (Å²) < 4.78 is 0. The van der Waals surface area contributed by atoms with Crippen LogP contribution in [0, 0.1) is 0 Å². The van der Waals surface area contributed by atoms with Gasteiger partial charge in [0.15, 0.2) is 11.2 Å². The first-order valence-corrected chi connectivity index (χ1v) is 16.2. The van der Waals surface area contributed by atoms with Gasteiger partial charge in [0, 0.05) is 17.7 Å². The molecule has 1 atom stereocenters. The van der Waals surface area contributed by atoms with Gasteiger partial charge in [-0.2, -0.15) is 4.98 Å². The number of nitrogens with zero attached hydrogens (tertiary/aromatic N) is 3. The van der Waals surface area contributed by atoms with Crippen molar-refractivity contribution in [1.29, 1.82) is 0 Å². The van der Waals surface area contributed by atoms with Crippen molar-refractivity contribution in [3.05, 3.63) is 112 Å². The minimum absolute atomic E-state index is 0.0524. The molecule has 7 rings (SSSR count). The zero-order chi connectivity index (χ0) is 35.2. The van der Waals surface area contributed by atoms with Crippen LogP contribution in [0.1, 0.15) is 52.9 Å². The molecule has 254 valence electrons. The lowest BCUT2D eigenvalue weighted by atomic mass is 9.86. The highest BCUT2D eigenvalue weighted by Gasteiger charge is 2.21. The second-order valence-electron chi connectivity index (χ2n) is 12.0. The Hall–Kier alpha value is -6.37. The van der Waals surface area contributed by atoms with Gasteiger partial charge in [0.05, 0.1) is 18.4 Å². The molecular weight excluding hydrogens is 638 g/mol. The Morgan fingerprint density at radius 1 is 0.880 bits per heavy atom. The lowest BCUT2D eigenvalue weighted by Gasteiger charge is -2.18. The molecule has 0 fully saturated rings. The van der Waals surface area contributed by atoms with E-state index in [1.165, 1.54) is 65.6 Å². The Morgan fingerprint density at radius 3 is 2.42 bits per heavy atom. The number of nitrogens with one attached hydrogen (secondary N) is 3. The highest BCUT2D eigenvalue weighted by molar-refractivity contribution is 6.08. The summed E-state index contributed by atoms with van der Waals surface area (Å²) in [7, 11) is 0. The van der Waals surface area contributed by atoms with Crippen LogP contribution in [0.3, 0.4) is 0 Å². The van der Waals surface area contributed by atoms with Crippen LogP contribution in [0.2, 0.25) is 0 Å². The van der Waals surface area contributed by atoms with Gasteiger partial charge in [-0.1, -0.05) is 48.5 Å². The summed E-state index contributed by atoms with van der Waals surface area (Å²) in [4.78, 5) is 60.6. The number of nitrogens with two attached hydrogens (primary N) is 1. The lowest BCUT2D eigenvalue weighted by Crippen LogP contribution is -2.41. The number of anilines is 2. The normalized spacial score (nSPS) is 12.8. The Balaban J connectivity index is 0.000000200. The van der Waals surface area contributed by atoms with E-state index in [0.29, 0.717) is 11.4 Å². The number of nitrogen functional groups attached to an aromatic ring is 1. The van der Waals surface area contributed by atoms with Gasteiger partial charge in [0.2, 0.25) is 5.95 Å². The monoisotopic (exact) mass is 673 g/mol. The second-order valence-corrected chi connectivity index (χ2v) is 12.0. The minimum atomic E-state index is -1.31. The molecule has 1 aliphatic rings. The number of hydrogen-bond donors (Lipinski definition) is 6. The van der Waals surface area contributed by atoms with Crippen LogP contribution >= 0.6 is 0 Å². The molecule has 0 saturated heterocycles. The Kier molecular flexibility index (Phi) is 9.93. The van der Waals surface area contributed by atoms with Crippen LogP contribution in [0.15, 0.2) is 83.8 Å². The molecule has 0 saturated carbocycles. The molecule has 0 aliphatic heterocycles. The Labute approximate surface area is 285 Å². The molecule has 13 heteroatoms. The topological polar surface area (TPSA) is 213 Å². The molecule has 1 unspecified atom stereocenters. The summed E-state index contributed by atoms with van der Waals surface area (Å²) in [6, 6.07) is 22.8. The number of aryl methyl sites for hydroxylation is 2. The summed E-state index contributed by atoms with van der Waals surface area (Å²) in [6.07, 6.45) is 6.06. The molecule has 50 heavy (non-hydrogen) atoms. The number of H-pyrrole nitrogens is 1. The van der Waals surface area contributed by atoms with E-state index in [9.17, 15) is 19.2 Å². The number of benzene rings is 4. The largest absolute Gasteiger partial charge is 0.481 e. The van der Waals surface area contributed by atoms with Crippen LogP contribution in [0.25, 0.3) is 32.7 Å². The molecule has 0 spiro atoms. The number of rotatable bonds is 9. The molecule has 2 aromatic heterocycles. The standard InChI is InChI=1S/C19H19N7O6.C18H16/c20-19-25-15-14(17(30)26-19)23-11(8-22-15)7-21-10-3-1-9(2-4-10)16(29)24-12(18(31)32)5-6-13(27)28;1-3-7-15-13(5-1)9-11-18-16-8-4-2-6-14(16)10-12-17(15)18/h1-4,8,12,21H,5-7H2,(H,24,29)(H,27,28)(H,31,32)(H3,20,22,25,26,30);1,3,5,7,9-12H,2,4,6,8H2. The zero-order valence-electron chi connectivity index (χ0n) is 27.0. The first-order chi connectivity index (χ1) is 24.2. The lowest BCUT2D eigenvalue weighted by molar-refractivity contribution is -0.140. The summed E-state index contributed by atoms with van der Waals surface area (Å²) in [5, 5.41) is 28.8. The van der Waals surface area contributed by atoms with Crippen molar-refractivity contribution in [2.75, 3.05) is 11.1 Å². The fraction of sp³-hybridized carbons (Fsp3) is 0.216. The maximum absolute atomic E-state index is 12.3. The first-order valence-electron chi connectivity index (χ1n) is 16.2. The molecule has 13 nitrogen and oxygen atoms in total. The molecule has 4 aromatic carbocycles. The number of fused-ring (bicyclic) bond motifs is 6. The van der Waals surface area contributed by atoms with Crippen molar-refractivity contribution in [3.8, 4) is 0 Å². The van der Waals surface area contributed by atoms with Crippen molar-refractivity contribution < 1.29 is 24.6 Å². The van der Waals surface area contributed by atoms with Gasteiger partial charge in [-0.05, 0) is 89.0 Å². The van der Waals surface area contributed by atoms with Crippen molar-refractivity contribution in [1.82, 2.24) is 25.3 Å². The van der Waals surface area contributed by atoms with Crippen molar-refractivity contribution in [2.24, 2.45) is 0 Å². The Morgan fingerprint density at radius 2 is 1.64 bits per heavy atom. The van der Waals surface area contributed by atoms with Gasteiger partial charge < -0.3 is 26.6 Å². The van der Waals surface area contributed by atoms with Crippen LogP contribution in [-0.4, -0.2) is 54.0 Å². The molecule has 0 radical (unpaired) electrons. The van der Waals surface area contributed by atoms with Crippen LogP contribution in [0.4, 0.5) is 11.6 Å². The van der Waals surface area contributed by atoms with Crippen molar-refractivity contribution in [2.45, 2.75) is 51.1 Å². The average molecular weight is 674 g/mol. The van der Waals surface area contributed by atoms with Gasteiger partial charge in [0.1, 0.15) is 6.04 Å². The summed E-state index contributed by atoms with van der Waals surface area (Å²) >= 11 is 0. The quantitative estimate of drug-likeness (QED) is 0.114. The molecule has 7 N–H and O–H groups in total. The van der Waals surface area contributed by atoms with E-state index in [-0.39, 0.29) is 42.1 Å². The summed E-state index contributed by atoms with van der Waals surface area (Å²) in [5.41, 5.74) is 9.65. The first kappa shape index (κ1) is 33.5. The van der Waals surface area contributed by atoms with E-state index < -0.39 is 29.4 Å². The van der Waals surface area contributed by atoms with Gasteiger partial charge in [0.25, 0.3) is 11.5 Å². The molecule has 1 aliphatic carbocycles. The van der Waals surface area contributed by atoms with Crippen molar-refractivity contribution in [3.63, 3.8) is 0 Å². The summed E-state index contributed by atoms with van der Waals surface area (Å²) in [5.74, 6) is -3.16. The SMILES string of the molecule is Nc1nc2ncc(CNc3ccc(C(=O)NC(CCC(=O)O)C(=O)O)cc3)nc2c(=O)[nH]1.c1ccc2c(c1)ccc1c3c(ccc12)CCCC3. The maximum Gasteiger partial charge on any atom is 0.326 e. The third kappa shape index (κ3) is 7.67. The van der Waals surface area contributed by atoms with Crippen LogP contribution < -0.4 is 21.9 Å². The molecule has 2 heterocycles. The van der Waals surface area contributed by atoms with E-state index in [4.69, 9.17) is 15.9 Å². The van der Waals surface area contributed by atoms with Crippen molar-refractivity contribution >= 4 is 62.2 Å². The molecular formula is C37H35N7O6. The van der Waals surface area contributed by atoms with E-state index >= 15 is 0 Å². The minimum Gasteiger partial charge on any atom is -0.481 e. The fourth-order valence-corrected chi connectivity index (χ4v) is 6.10. The second kappa shape index (κ2) is 14.8. The van der Waals surface area contributed by atoms with Gasteiger partial charge in [-0.15, -0.1) is 0 Å². The number of amides is 1. The number of carbonyl (C=O) groups is 3. The molecule has 6 aromatic rings. The van der Waals surface area contributed by atoms with Gasteiger partial charge >= 0.3 is 11.9 Å². The summed E-state index contributed by atoms with van der Waals surface area (Å²) in [6.45, 7) is 0.231. The molecule has 0 bridgehead atoms. The third-order valence-corrected chi connectivity index (χ3v) is 8.61. The van der Waals surface area contributed by atoms with Gasteiger partial charge in [-0.25, -0.2) is 14.8 Å². The maximum atomic E-state index is 12.3. The highest BCUT2D eigenvalue weighted by Crippen LogP contribution is 2.33. The van der Waals surface area contributed by atoms with E-state index in [0.717, 1.165) is 0 Å². The number of carboxylic acids is 2. The van der Waals surface area contributed by atoms with E-state index in [2.05, 4.69) is 79.1 Å². The zero-order valence-corrected chi connectivity index (χ0v) is 27.0. The van der Waals surface area contributed by atoms with E-state index in [1.54, 1.807) is 23.3 Å². The average Bonchev–Trinajstić information content (AvgIpc) is 3.12. The number of aromatic amines is 1. The predicted octanol–water partition coefficient (Wildman–Crippen LogP) is 4.83. The van der Waals surface area contributed by atoms with Crippen LogP contribution in [-0.2, 0) is 29.0 Å². The predicted molar refractivity (Wildman–Crippen MR) is 190 cm³/mol. The molecule has 1 amide bonds. The van der Waals surface area contributed by atoms with Crippen LogP contribution in [0.5, 0.6) is 0 Å². The Bertz CT molecular complexity index is 2290. The smallest absolute Gasteiger partial charge is 0.326 e. The number of aliphatic carboxylic acids is 2. The highest BCUT2D eigenvalue weighted by atomic mass is 16.4. The fourth-order valence-electron chi connectivity index (χ4n) is 6.10. The number of carbonyl (C=O) groups excluding carboxylic acids is 1. The third-order valence-electron chi connectivity index (χ3n) is 8.61. The van der Waals surface area contributed by atoms with Gasteiger partial charge in [-0.3, -0.25) is 19.4 Å². The number of aromatic nitrogens is 4. The number of hydrogen-bond acceptors (Lipinski definition) is 9. The number of carboxylic acid groups (broad SMARTS) is 2.